The van der Waals surface area contributed by atoms with Crippen molar-refractivity contribution < 1.29 is 18.7 Å². The van der Waals surface area contributed by atoms with Gasteiger partial charge in [-0.05, 0) is 48.1 Å². The monoisotopic (exact) mass is 363 g/mol. The number of carbonyl (C=O) groups is 1. The molecule has 2 fully saturated rings. The Morgan fingerprint density at radius 1 is 1.38 bits per heavy atom. The number of halogens is 2. The van der Waals surface area contributed by atoms with Crippen molar-refractivity contribution in [3.8, 4) is 0 Å². The number of para-hydroxylation sites is 1. The molecule has 1 heterocycles. The Bertz CT molecular complexity index is 815. The molecule has 3 N–H and O–H groups in total. The molecule has 7 heteroatoms. The molecule has 1 aromatic carbocycles. The molecule has 2 aromatic rings. The van der Waals surface area contributed by atoms with Crippen LogP contribution in [0.4, 0.5) is 14.5 Å². The van der Waals surface area contributed by atoms with Gasteiger partial charge in [-0.3, -0.25) is 4.68 Å². The summed E-state index contributed by atoms with van der Waals surface area (Å²) in [5.74, 6) is 0.300. The van der Waals surface area contributed by atoms with Crippen molar-refractivity contribution >= 4 is 11.7 Å². The van der Waals surface area contributed by atoms with Crippen LogP contribution in [0.5, 0.6) is 0 Å². The van der Waals surface area contributed by atoms with Gasteiger partial charge < -0.3 is 10.8 Å². The predicted octanol–water partition coefficient (Wildman–Crippen LogP) is 4.23. The lowest BCUT2D eigenvalue weighted by Gasteiger charge is -2.08. The smallest absolute Gasteiger partial charge is 0.339 e. The fourth-order valence-electron chi connectivity index (χ4n) is 3.56. The minimum absolute atomic E-state index is 0.451. The second kappa shape index (κ2) is 6.70. The molecule has 0 radical (unpaired) electrons. The maximum Gasteiger partial charge on any atom is 0.339 e. The van der Waals surface area contributed by atoms with Gasteiger partial charge in [-0.25, -0.2) is 13.6 Å². The first-order valence-corrected chi connectivity index (χ1v) is 8.62. The minimum atomic E-state index is -2.85. The van der Waals surface area contributed by atoms with E-state index in [0.29, 0.717) is 5.41 Å². The fourth-order valence-corrected chi connectivity index (χ4v) is 3.56. The molecule has 0 saturated heterocycles. The summed E-state index contributed by atoms with van der Waals surface area (Å²) in [5, 5.41) is 11.8. The number of carboxylic acid groups (broad SMARTS) is 1. The number of rotatable bonds is 4. The van der Waals surface area contributed by atoms with Crippen LogP contribution in [0.25, 0.3) is 0 Å². The van der Waals surface area contributed by atoms with Crippen molar-refractivity contribution in [2.75, 3.05) is 5.73 Å². The number of aryl methyl sites for hydroxylation is 1. The third-order valence-corrected chi connectivity index (χ3v) is 5.41. The number of carboxylic acids is 1. The summed E-state index contributed by atoms with van der Waals surface area (Å²) in [7, 11) is 1.39. The van der Waals surface area contributed by atoms with E-state index in [0.717, 1.165) is 28.4 Å². The van der Waals surface area contributed by atoms with Gasteiger partial charge >= 0.3 is 5.97 Å². The number of nitrogens with zero attached hydrogens (tertiary/aromatic N) is 2. The molecular formula is C19H23F2N3O2. The Morgan fingerprint density at radius 2 is 2.04 bits per heavy atom. The van der Waals surface area contributed by atoms with Crippen LogP contribution in [0.15, 0.2) is 30.5 Å². The summed E-state index contributed by atoms with van der Waals surface area (Å²) in [6.45, 7) is 2.43. The van der Waals surface area contributed by atoms with E-state index in [2.05, 4.69) is 24.2 Å². The Morgan fingerprint density at radius 3 is 2.54 bits per heavy atom. The number of hydrogen-bond donors (Lipinski definition) is 2. The van der Waals surface area contributed by atoms with E-state index in [1.165, 1.54) is 31.9 Å². The molecular weight excluding hydrogens is 340 g/mol. The molecule has 0 amide bonds. The Labute approximate surface area is 150 Å². The van der Waals surface area contributed by atoms with Crippen molar-refractivity contribution in [3.05, 3.63) is 47.3 Å². The average Bonchev–Trinajstić information content (AvgIpc) is 3.48. The SMILES string of the molecule is CC1(C2CC2c2ccccc2N)CC1.Cn1cc(C(=O)O)c(C(F)F)n1. The van der Waals surface area contributed by atoms with Crippen LogP contribution in [-0.4, -0.2) is 20.9 Å². The van der Waals surface area contributed by atoms with Gasteiger partial charge in [0.25, 0.3) is 6.43 Å². The highest BCUT2D eigenvalue weighted by molar-refractivity contribution is 5.88. The fraction of sp³-hybridized carbons (Fsp3) is 0.474. The van der Waals surface area contributed by atoms with Crippen LogP contribution < -0.4 is 5.73 Å². The van der Waals surface area contributed by atoms with Gasteiger partial charge in [0.2, 0.25) is 0 Å². The van der Waals surface area contributed by atoms with Gasteiger partial charge in [0.15, 0.2) is 0 Å². The molecule has 0 aliphatic heterocycles. The van der Waals surface area contributed by atoms with E-state index in [1.807, 2.05) is 12.1 Å². The van der Waals surface area contributed by atoms with Crippen molar-refractivity contribution in [2.24, 2.45) is 18.4 Å². The van der Waals surface area contributed by atoms with E-state index in [1.54, 1.807) is 0 Å². The van der Waals surface area contributed by atoms with E-state index >= 15 is 0 Å². The molecule has 2 aliphatic carbocycles. The van der Waals surface area contributed by atoms with Crippen molar-refractivity contribution in [1.29, 1.82) is 0 Å². The van der Waals surface area contributed by atoms with Gasteiger partial charge in [-0.2, -0.15) is 5.10 Å². The van der Waals surface area contributed by atoms with E-state index in [4.69, 9.17) is 10.8 Å². The molecule has 2 unspecified atom stereocenters. The third-order valence-electron chi connectivity index (χ3n) is 5.41. The molecule has 26 heavy (non-hydrogen) atoms. The van der Waals surface area contributed by atoms with Crippen LogP contribution in [0.1, 0.15) is 60.1 Å². The lowest BCUT2D eigenvalue weighted by molar-refractivity contribution is 0.0684. The van der Waals surface area contributed by atoms with E-state index in [9.17, 15) is 13.6 Å². The van der Waals surface area contributed by atoms with E-state index in [-0.39, 0.29) is 0 Å². The topological polar surface area (TPSA) is 81.1 Å². The Kier molecular flexibility index (Phi) is 4.73. The zero-order valence-electron chi connectivity index (χ0n) is 14.8. The van der Waals surface area contributed by atoms with Gasteiger partial charge in [0.1, 0.15) is 11.3 Å². The highest BCUT2D eigenvalue weighted by Gasteiger charge is 2.56. The number of aromatic nitrogens is 2. The molecule has 1 aromatic heterocycles. The van der Waals surface area contributed by atoms with Crippen LogP contribution in [0.2, 0.25) is 0 Å². The Balaban J connectivity index is 0.000000153. The number of aromatic carboxylic acids is 1. The van der Waals surface area contributed by atoms with Crippen molar-refractivity contribution in [1.82, 2.24) is 9.78 Å². The first-order valence-electron chi connectivity index (χ1n) is 8.62. The predicted molar refractivity (Wildman–Crippen MR) is 94.2 cm³/mol. The van der Waals surface area contributed by atoms with Crippen molar-refractivity contribution in [2.45, 2.75) is 38.5 Å². The van der Waals surface area contributed by atoms with Gasteiger partial charge in [0, 0.05) is 18.9 Å². The second-order valence-electron chi connectivity index (χ2n) is 7.44. The van der Waals surface area contributed by atoms with Gasteiger partial charge in [-0.1, -0.05) is 25.1 Å². The molecule has 5 nitrogen and oxygen atoms in total. The van der Waals surface area contributed by atoms with Gasteiger partial charge in [-0.15, -0.1) is 0 Å². The maximum absolute atomic E-state index is 12.1. The lowest BCUT2D eigenvalue weighted by Crippen LogP contribution is -1.99. The second-order valence-corrected chi connectivity index (χ2v) is 7.44. The van der Waals surface area contributed by atoms with Crippen LogP contribution in [0.3, 0.4) is 0 Å². The molecule has 2 saturated carbocycles. The number of hydrogen-bond acceptors (Lipinski definition) is 3. The molecule has 2 atom stereocenters. The zero-order valence-corrected chi connectivity index (χ0v) is 14.8. The minimum Gasteiger partial charge on any atom is -0.478 e. The standard InChI is InChI=1S/C13H17N.C6H6F2N2O2/c1-13(6-7-13)11-8-10(11)9-4-2-3-5-12(9)14;1-10-2-3(6(11)12)4(9-10)5(7)8/h2-5,10-11H,6-8,14H2,1H3;2,5H,1H3,(H,11,12). The largest absolute Gasteiger partial charge is 0.478 e. The molecule has 140 valence electrons. The number of alkyl halides is 2. The maximum atomic E-state index is 12.1. The molecule has 0 bridgehead atoms. The first kappa shape index (κ1) is 18.4. The van der Waals surface area contributed by atoms with Crippen LogP contribution in [0, 0.1) is 11.3 Å². The number of anilines is 1. The summed E-state index contributed by atoms with van der Waals surface area (Å²) in [4.78, 5) is 10.4. The van der Waals surface area contributed by atoms with Crippen molar-refractivity contribution in [3.63, 3.8) is 0 Å². The molecule has 2 aliphatic rings. The first-order chi connectivity index (χ1) is 12.2. The molecule has 4 rings (SSSR count). The highest BCUT2D eigenvalue weighted by atomic mass is 19.3. The summed E-state index contributed by atoms with van der Waals surface area (Å²) in [6.07, 6.45) is 2.42. The normalized spacial score (nSPS) is 22.5. The van der Waals surface area contributed by atoms with E-state index < -0.39 is 23.7 Å². The van der Waals surface area contributed by atoms with Crippen LogP contribution in [-0.2, 0) is 7.05 Å². The summed E-state index contributed by atoms with van der Waals surface area (Å²) >= 11 is 0. The Hall–Kier alpha value is -2.44. The number of benzene rings is 1. The lowest BCUT2D eigenvalue weighted by atomic mass is 9.98. The summed E-state index contributed by atoms with van der Waals surface area (Å²) < 4.78 is 25.2. The summed E-state index contributed by atoms with van der Waals surface area (Å²) in [6, 6.07) is 8.36. The zero-order chi connectivity index (χ0) is 19.1. The number of nitrogen functional groups attached to an aromatic ring is 1. The quantitative estimate of drug-likeness (QED) is 0.797. The summed E-state index contributed by atoms with van der Waals surface area (Å²) in [5.41, 5.74) is 7.90. The highest BCUT2D eigenvalue weighted by Crippen LogP contribution is 2.67. The van der Waals surface area contributed by atoms with Crippen LogP contribution >= 0.6 is 0 Å². The number of nitrogens with two attached hydrogens (primary N) is 1. The van der Waals surface area contributed by atoms with Gasteiger partial charge in [0.05, 0.1) is 0 Å². The third kappa shape index (κ3) is 3.71. The average molecular weight is 363 g/mol. The molecule has 0 spiro atoms.